The second kappa shape index (κ2) is 7.45. The van der Waals surface area contributed by atoms with Crippen molar-refractivity contribution in [3.8, 4) is 0 Å². The number of nitrogens with one attached hydrogen (secondary N) is 1. The molecule has 0 saturated carbocycles. The van der Waals surface area contributed by atoms with E-state index in [0.717, 1.165) is 31.7 Å². The number of hydrogen-bond acceptors (Lipinski definition) is 6. The summed E-state index contributed by atoms with van der Waals surface area (Å²) in [4.78, 5) is 14.1. The van der Waals surface area contributed by atoms with Crippen LogP contribution >= 0.6 is 23.5 Å². The molecule has 108 valence electrons. The van der Waals surface area contributed by atoms with Crippen molar-refractivity contribution in [3.63, 3.8) is 0 Å². The van der Waals surface area contributed by atoms with Crippen molar-refractivity contribution in [2.75, 3.05) is 25.4 Å². The fraction of sp³-hybridized carbons (Fsp3) is 0.769. The molecule has 2 rings (SSSR count). The van der Waals surface area contributed by atoms with Crippen molar-refractivity contribution < 1.29 is 9.53 Å². The number of likely N-dealkylation sites (tertiary alicyclic amines) is 1. The normalized spacial score (nSPS) is 27.2. The van der Waals surface area contributed by atoms with Gasteiger partial charge >= 0.3 is 5.97 Å². The first-order valence-corrected chi connectivity index (χ1v) is 8.73. The highest BCUT2D eigenvalue weighted by Crippen LogP contribution is 2.34. The summed E-state index contributed by atoms with van der Waals surface area (Å²) in [7, 11) is 0. The van der Waals surface area contributed by atoms with E-state index in [2.05, 4.69) is 23.3 Å². The van der Waals surface area contributed by atoms with Crippen LogP contribution in [0.25, 0.3) is 0 Å². The van der Waals surface area contributed by atoms with Gasteiger partial charge in [-0.3, -0.25) is 9.69 Å². The van der Waals surface area contributed by atoms with Gasteiger partial charge in [-0.15, -0.1) is 11.8 Å². The lowest BCUT2D eigenvalue weighted by atomic mass is 10.2. The SMILES string of the molecule is CCOC(=O)[C@@H]1CCCN1CCSC1=CNC(C)S1. The first-order valence-electron chi connectivity index (χ1n) is 6.87. The molecule has 0 bridgehead atoms. The van der Waals surface area contributed by atoms with Crippen LogP contribution in [0, 0.1) is 0 Å². The van der Waals surface area contributed by atoms with Crippen molar-refractivity contribution in [2.45, 2.75) is 38.1 Å². The zero-order valence-electron chi connectivity index (χ0n) is 11.6. The summed E-state index contributed by atoms with van der Waals surface area (Å²) >= 11 is 3.74. The summed E-state index contributed by atoms with van der Waals surface area (Å²) < 4.78 is 6.48. The quantitative estimate of drug-likeness (QED) is 0.759. The molecule has 1 saturated heterocycles. The molecule has 2 aliphatic rings. The van der Waals surface area contributed by atoms with Gasteiger partial charge in [-0.05, 0) is 33.2 Å². The van der Waals surface area contributed by atoms with Crippen LogP contribution in [0.5, 0.6) is 0 Å². The Hall–Kier alpha value is -0.330. The average Bonchev–Trinajstić information content (AvgIpc) is 2.99. The maximum Gasteiger partial charge on any atom is 0.323 e. The first-order chi connectivity index (χ1) is 9.20. The van der Waals surface area contributed by atoms with Gasteiger partial charge in [-0.25, -0.2) is 0 Å². The number of hydrogen-bond donors (Lipinski definition) is 1. The Bertz CT molecular complexity index is 350. The van der Waals surface area contributed by atoms with Crippen molar-refractivity contribution in [1.29, 1.82) is 0 Å². The highest BCUT2D eigenvalue weighted by molar-refractivity contribution is 8.22. The van der Waals surface area contributed by atoms with Gasteiger partial charge < -0.3 is 10.1 Å². The highest BCUT2D eigenvalue weighted by atomic mass is 32.2. The molecule has 0 aromatic rings. The van der Waals surface area contributed by atoms with Crippen LogP contribution in [0.4, 0.5) is 0 Å². The molecule has 0 amide bonds. The molecular weight excluding hydrogens is 280 g/mol. The second-order valence-corrected chi connectivity index (χ2v) is 7.46. The van der Waals surface area contributed by atoms with Gasteiger partial charge in [0.2, 0.25) is 0 Å². The summed E-state index contributed by atoms with van der Waals surface area (Å²) in [5, 5.41) is 3.77. The fourth-order valence-electron chi connectivity index (χ4n) is 2.37. The maximum absolute atomic E-state index is 11.8. The molecule has 1 N–H and O–H groups in total. The van der Waals surface area contributed by atoms with Crippen LogP contribution in [0.2, 0.25) is 0 Å². The lowest BCUT2D eigenvalue weighted by Crippen LogP contribution is -2.38. The third kappa shape index (κ3) is 4.33. The van der Waals surface area contributed by atoms with Gasteiger partial charge in [-0.2, -0.15) is 0 Å². The van der Waals surface area contributed by atoms with Crippen molar-refractivity contribution >= 4 is 29.5 Å². The van der Waals surface area contributed by atoms with E-state index in [4.69, 9.17) is 4.74 Å². The van der Waals surface area contributed by atoms with E-state index in [0.29, 0.717) is 12.0 Å². The van der Waals surface area contributed by atoms with E-state index in [9.17, 15) is 4.79 Å². The minimum absolute atomic E-state index is 0.0113. The van der Waals surface area contributed by atoms with Gasteiger partial charge in [-0.1, -0.05) is 11.8 Å². The number of ether oxygens (including phenoxy) is 1. The van der Waals surface area contributed by atoms with Crippen LogP contribution in [0.1, 0.15) is 26.7 Å². The van der Waals surface area contributed by atoms with Crippen molar-refractivity contribution in [2.24, 2.45) is 0 Å². The molecule has 0 aromatic heterocycles. The predicted molar refractivity (Wildman–Crippen MR) is 82.0 cm³/mol. The standard InChI is InChI=1S/C13H22N2O2S2/c1-3-17-13(16)11-5-4-6-15(11)7-8-18-12-9-14-10(2)19-12/h9-11,14H,3-8H2,1-2H3/t10?,11-/m0/s1. The van der Waals surface area contributed by atoms with E-state index in [-0.39, 0.29) is 12.0 Å². The molecule has 1 unspecified atom stereocenters. The lowest BCUT2D eigenvalue weighted by molar-refractivity contribution is -0.148. The Morgan fingerprint density at radius 3 is 3.21 bits per heavy atom. The number of rotatable bonds is 6. The highest BCUT2D eigenvalue weighted by Gasteiger charge is 2.31. The summed E-state index contributed by atoms with van der Waals surface area (Å²) in [5.41, 5.74) is 0. The molecule has 2 heterocycles. The van der Waals surface area contributed by atoms with Gasteiger partial charge in [0.1, 0.15) is 6.04 Å². The molecule has 19 heavy (non-hydrogen) atoms. The molecule has 2 atom stereocenters. The molecule has 1 fully saturated rings. The largest absolute Gasteiger partial charge is 0.465 e. The Balaban J connectivity index is 1.71. The number of carbonyl (C=O) groups is 1. The number of nitrogens with zero attached hydrogens (tertiary/aromatic N) is 1. The molecule has 6 heteroatoms. The molecule has 4 nitrogen and oxygen atoms in total. The molecule has 0 spiro atoms. The summed E-state index contributed by atoms with van der Waals surface area (Å²) in [5.74, 6) is 0.984. The van der Waals surface area contributed by atoms with Crippen LogP contribution in [0.3, 0.4) is 0 Å². The monoisotopic (exact) mass is 302 g/mol. The lowest BCUT2D eigenvalue weighted by Gasteiger charge is -2.22. The van der Waals surface area contributed by atoms with E-state index < -0.39 is 0 Å². The summed E-state index contributed by atoms with van der Waals surface area (Å²) in [6, 6.07) is -0.0113. The van der Waals surface area contributed by atoms with Crippen LogP contribution in [0.15, 0.2) is 10.4 Å². The number of carbonyl (C=O) groups excluding carboxylic acids is 1. The average molecular weight is 302 g/mol. The van der Waals surface area contributed by atoms with Crippen molar-refractivity contribution in [3.05, 3.63) is 10.4 Å². The third-order valence-electron chi connectivity index (χ3n) is 3.27. The van der Waals surface area contributed by atoms with Gasteiger partial charge in [0.05, 0.1) is 16.2 Å². The van der Waals surface area contributed by atoms with Crippen LogP contribution in [-0.4, -0.2) is 47.7 Å². The second-order valence-electron chi connectivity index (χ2n) is 4.68. The Morgan fingerprint density at radius 2 is 2.53 bits per heavy atom. The van der Waals surface area contributed by atoms with Gasteiger partial charge in [0, 0.05) is 18.5 Å². The van der Waals surface area contributed by atoms with E-state index in [1.807, 2.05) is 30.4 Å². The zero-order chi connectivity index (χ0) is 13.7. The van der Waals surface area contributed by atoms with Gasteiger partial charge in [0.25, 0.3) is 0 Å². The smallest absolute Gasteiger partial charge is 0.323 e. The minimum Gasteiger partial charge on any atom is -0.465 e. The van der Waals surface area contributed by atoms with E-state index in [1.54, 1.807) is 0 Å². The Labute approximate surface area is 123 Å². The maximum atomic E-state index is 11.8. The van der Waals surface area contributed by atoms with Crippen molar-refractivity contribution in [1.82, 2.24) is 10.2 Å². The predicted octanol–water partition coefficient (Wildman–Crippen LogP) is 2.23. The molecule has 0 aromatic carbocycles. The molecular formula is C13H22N2O2S2. The van der Waals surface area contributed by atoms with E-state index >= 15 is 0 Å². The fourth-order valence-corrected chi connectivity index (χ4v) is 4.62. The summed E-state index contributed by atoms with van der Waals surface area (Å²) in [6.07, 6.45) is 4.14. The Morgan fingerprint density at radius 1 is 1.68 bits per heavy atom. The van der Waals surface area contributed by atoms with Crippen LogP contribution < -0.4 is 5.32 Å². The first kappa shape index (κ1) is 15.1. The molecule has 0 aliphatic carbocycles. The number of thioether (sulfide) groups is 2. The molecule has 0 radical (unpaired) electrons. The Kier molecular flexibility index (Phi) is 5.91. The number of esters is 1. The van der Waals surface area contributed by atoms with Crippen LogP contribution in [-0.2, 0) is 9.53 Å². The third-order valence-corrected chi connectivity index (χ3v) is 5.55. The zero-order valence-corrected chi connectivity index (χ0v) is 13.2. The van der Waals surface area contributed by atoms with Gasteiger partial charge in [0.15, 0.2) is 0 Å². The molecule has 2 aliphatic heterocycles. The summed E-state index contributed by atoms with van der Waals surface area (Å²) in [6.45, 7) is 6.48. The minimum atomic E-state index is -0.0465. The topological polar surface area (TPSA) is 41.6 Å². The van der Waals surface area contributed by atoms with E-state index in [1.165, 1.54) is 4.24 Å².